The molecule has 1 aromatic rings. The van der Waals surface area contributed by atoms with E-state index in [0.717, 1.165) is 11.3 Å². The molecular formula is C11H18N2O2S. The standard InChI is InChI=1S/C11H18N2O2S/c12-10-3-1-9(2-4-10)7-11-8-13-5-6-16(11,14)15/h1-4,11,13-15H,5-8,12H2. The number of anilines is 1. The van der Waals surface area contributed by atoms with Crippen LogP contribution in [0.1, 0.15) is 5.56 Å². The summed E-state index contributed by atoms with van der Waals surface area (Å²) in [5.74, 6) is 0.465. The van der Waals surface area contributed by atoms with Gasteiger partial charge in [-0.05, 0) is 24.1 Å². The van der Waals surface area contributed by atoms with E-state index >= 15 is 0 Å². The smallest absolute Gasteiger partial charge is 0.0650 e. The van der Waals surface area contributed by atoms with Gasteiger partial charge in [-0.3, -0.25) is 9.11 Å². The highest BCUT2D eigenvalue weighted by atomic mass is 32.3. The molecule has 1 atom stereocenters. The van der Waals surface area contributed by atoms with Crippen molar-refractivity contribution in [1.82, 2.24) is 5.32 Å². The minimum Gasteiger partial charge on any atom is -0.399 e. The molecule has 4 nitrogen and oxygen atoms in total. The molecule has 90 valence electrons. The summed E-state index contributed by atoms with van der Waals surface area (Å²) < 4.78 is 19.8. The van der Waals surface area contributed by atoms with E-state index < -0.39 is 10.6 Å². The van der Waals surface area contributed by atoms with E-state index in [0.29, 0.717) is 25.3 Å². The second-order valence-electron chi connectivity index (χ2n) is 4.19. The zero-order chi connectivity index (χ0) is 11.6. The van der Waals surface area contributed by atoms with Crippen molar-refractivity contribution in [3.63, 3.8) is 0 Å². The lowest BCUT2D eigenvalue weighted by atomic mass is 10.1. The highest BCUT2D eigenvalue weighted by Crippen LogP contribution is 2.46. The molecule has 0 bridgehead atoms. The molecule has 1 aliphatic heterocycles. The zero-order valence-electron chi connectivity index (χ0n) is 9.10. The predicted molar refractivity (Wildman–Crippen MR) is 68.9 cm³/mol. The first kappa shape index (κ1) is 11.7. The number of hydrogen-bond acceptors (Lipinski definition) is 4. The van der Waals surface area contributed by atoms with Crippen LogP contribution in [0.4, 0.5) is 5.69 Å². The first-order valence-corrected chi connectivity index (χ1v) is 7.16. The number of rotatable bonds is 2. The SMILES string of the molecule is Nc1ccc(CC2CNCCS2(O)O)cc1. The lowest BCUT2D eigenvalue weighted by Gasteiger charge is -2.44. The van der Waals surface area contributed by atoms with Crippen LogP contribution in [0, 0.1) is 0 Å². The lowest BCUT2D eigenvalue weighted by molar-refractivity contribution is 0.446. The van der Waals surface area contributed by atoms with Gasteiger partial charge in [0.25, 0.3) is 0 Å². The molecule has 16 heavy (non-hydrogen) atoms. The summed E-state index contributed by atoms with van der Waals surface area (Å²) in [4.78, 5) is 0. The third-order valence-corrected chi connectivity index (χ3v) is 5.13. The molecule has 0 spiro atoms. The molecule has 2 rings (SSSR count). The van der Waals surface area contributed by atoms with Crippen molar-refractivity contribution in [3.8, 4) is 0 Å². The molecule has 1 fully saturated rings. The van der Waals surface area contributed by atoms with E-state index in [-0.39, 0.29) is 5.25 Å². The summed E-state index contributed by atoms with van der Waals surface area (Å²) >= 11 is 0. The molecule has 0 amide bonds. The Labute approximate surface area is 97.2 Å². The van der Waals surface area contributed by atoms with Crippen LogP contribution in [0.15, 0.2) is 24.3 Å². The number of nitrogen functional groups attached to an aromatic ring is 1. The van der Waals surface area contributed by atoms with Crippen LogP contribution in [-0.2, 0) is 6.42 Å². The monoisotopic (exact) mass is 242 g/mol. The molecule has 5 N–H and O–H groups in total. The molecule has 0 radical (unpaired) electrons. The largest absolute Gasteiger partial charge is 0.399 e. The van der Waals surface area contributed by atoms with Gasteiger partial charge in [-0.1, -0.05) is 12.1 Å². The molecule has 0 saturated carbocycles. The second kappa shape index (κ2) is 4.63. The molecule has 5 heteroatoms. The first-order valence-electron chi connectivity index (χ1n) is 5.38. The second-order valence-corrected chi connectivity index (χ2v) is 6.70. The molecule has 0 aliphatic carbocycles. The maximum atomic E-state index is 9.92. The summed E-state index contributed by atoms with van der Waals surface area (Å²) in [7, 11) is -2.43. The van der Waals surface area contributed by atoms with Crippen LogP contribution in [0.3, 0.4) is 0 Å². The number of nitrogens with two attached hydrogens (primary N) is 1. The lowest BCUT2D eigenvalue weighted by Crippen LogP contribution is -2.42. The Bertz CT molecular complexity index is 354. The van der Waals surface area contributed by atoms with Crippen molar-refractivity contribution in [2.24, 2.45) is 0 Å². The Morgan fingerprint density at radius 2 is 2.00 bits per heavy atom. The molecular weight excluding hydrogens is 224 g/mol. The van der Waals surface area contributed by atoms with Gasteiger partial charge in [-0.2, -0.15) is 10.6 Å². The van der Waals surface area contributed by atoms with Crippen molar-refractivity contribution < 1.29 is 9.11 Å². The molecule has 1 aromatic carbocycles. The van der Waals surface area contributed by atoms with Gasteiger partial charge in [-0.25, -0.2) is 0 Å². The summed E-state index contributed by atoms with van der Waals surface area (Å²) in [6.45, 7) is 1.37. The van der Waals surface area contributed by atoms with Gasteiger partial charge in [0.2, 0.25) is 0 Å². The van der Waals surface area contributed by atoms with Crippen LogP contribution in [0.2, 0.25) is 0 Å². The fourth-order valence-electron chi connectivity index (χ4n) is 1.91. The quantitative estimate of drug-likeness (QED) is 0.593. The van der Waals surface area contributed by atoms with Crippen molar-refractivity contribution in [3.05, 3.63) is 29.8 Å². The van der Waals surface area contributed by atoms with Crippen molar-refractivity contribution >= 4 is 16.3 Å². The van der Waals surface area contributed by atoms with Gasteiger partial charge in [-0.15, -0.1) is 0 Å². The maximum Gasteiger partial charge on any atom is 0.0650 e. The van der Waals surface area contributed by atoms with E-state index in [9.17, 15) is 9.11 Å². The summed E-state index contributed by atoms with van der Waals surface area (Å²) in [6, 6.07) is 7.58. The van der Waals surface area contributed by atoms with Crippen LogP contribution in [-0.4, -0.2) is 33.2 Å². The first-order chi connectivity index (χ1) is 7.58. The van der Waals surface area contributed by atoms with Crippen molar-refractivity contribution in [2.75, 3.05) is 24.6 Å². The highest BCUT2D eigenvalue weighted by molar-refractivity contribution is 8.24. The van der Waals surface area contributed by atoms with E-state index in [2.05, 4.69) is 5.32 Å². The molecule has 1 heterocycles. The zero-order valence-corrected chi connectivity index (χ0v) is 9.91. The van der Waals surface area contributed by atoms with Crippen LogP contribution in [0.25, 0.3) is 0 Å². The normalized spacial score (nSPS) is 26.2. The Kier molecular flexibility index (Phi) is 3.39. The molecule has 1 aliphatic rings. The fraction of sp³-hybridized carbons (Fsp3) is 0.455. The van der Waals surface area contributed by atoms with Crippen LogP contribution >= 0.6 is 10.6 Å². The third kappa shape index (κ3) is 2.68. The van der Waals surface area contributed by atoms with E-state index in [1.54, 1.807) is 0 Å². The maximum absolute atomic E-state index is 9.92. The molecule has 1 saturated heterocycles. The number of nitrogens with one attached hydrogen (secondary N) is 1. The van der Waals surface area contributed by atoms with Crippen molar-refractivity contribution in [2.45, 2.75) is 11.7 Å². The minimum absolute atomic E-state index is 0.0788. The minimum atomic E-state index is -2.43. The Morgan fingerprint density at radius 1 is 1.31 bits per heavy atom. The number of benzene rings is 1. The summed E-state index contributed by atoms with van der Waals surface area (Å²) in [5.41, 5.74) is 7.44. The van der Waals surface area contributed by atoms with Gasteiger partial charge in [0.05, 0.1) is 11.0 Å². The van der Waals surface area contributed by atoms with Gasteiger partial charge < -0.3 is 11.1 Å². The summed E-state index contributed by atoms with van der Waals surface area (Å²) in [6.07, 6.45) is 0.690. The van der Waals surface area contributed by atoms with E-state index in [4.69, 9.17) is 5.73 Å². The van der Waals surface area contributed by atoms with Gasteiger partial charge in [0, 0.05) is 18.8 Å². The van der Waals surface area contributed by atoms with Gasteiger partial charge in [0.1, 0.15) is 0 Å². The van der Waals surface area contributed by atoms with Crippen molar-refractivity contribution in [1.29, 1.82) is 0 Å². The summed E-state index contributed by atoms with van der Waals surface area (Å²) in [5, 5.41) is 3.12. The fourth-order valence-corrected chi connectivity index (χ4v) is 3.53. The Morgan fingerprint density at radius 3 is 2.62 bits per heavy atom. The Balaban J connectivity index is 2.05. The Hall–Kier alpha value is -0.750. The van der Waals surface area contributed by atoms with E-state index in [1.165, 1.54) is 0 Å². The van der Waals surface area contributed by atoms with Gasteiger partial charge in [0.15, 0.2) is 0 Å². The van der Waals surface area contributed by atoms with Gasteiger partial charge >= 0.3 is 0 Å². The number of hydrogen-bond donors (Lipinski definition) is 4. The average Bonchev–Trinajstić information content (AvgIpc) is 2.24. The topological polar surface area (TPSA) is 78.5 Å². The highest BCUT2D eigenvalue weighted by Gasteiger charge is 2.28. The molecule has 0 aromatic heterocycles. The predicted octanol–water partition coefficient (Wildman–Crippen LogP) is 1.53. The average molecular weight is 242 g/mol. The third-order valence-electron chi connectivity index (χ3n) is 2.93. The van der Waals surface area contributed by atoms with E-state index in [1.807, 2.05) is 24.3 Å². The van der Waals surface area contributed by atoms with Crippen LogP contribution in [0.5, 0.6) is 0 Å². The van der Waals surface area contributed by atoms with Crippen LogP contribution < -0.4 is 11.1 Å². The molecule has 1 unspecified atom stereocenters.